The van der Waals surface area contributed by atoms with Gasteiger partial charge < -0.3 is 16.0 Å². The van der Waals surface area contributed by atoms with Crippen LogP contribution in [0.1, 0.15) is 29.3 Å². The van der Waals surface area contributed by atoms with E-state index in [1.807, 2.05) is 19.2 Å². The van der Waals surface area contributed by atoms with Crippen molar-refractivity contribution in [2.45, 2.75) is 26.3 Å². The molecule has 0 saturated carbocycles. The van der Waals surface area contributed by atoms with E-state index in [9.17, 15) is 18.8 Å². The van der Waals surface area contributed by atoms with Gasteiger partial charge in [0.25, 0.3) is 5.91 Å². The highest BCUT2D eigenvalue weighted by Gasteiger charge is 2.22. The van der Waals surface area contributed by atoms with Gasteiger partial charge in [-0.3, -0.25) is 14.4 Å². The molecule has 0 saturated heterocycles. The first-order chi connectivity index (χ1) is 13.8. The molecule has 0 aliphatic heterocycles. The Morgan fingerprint density at radius 2 is 1.86 bits per heavy atom. The minimum absolute atomic E-state index is 0.0693. The third-order valence-electron chi connectivity index (χ3n) is 4.06. The number of carbonyl (C=O) groups is 3. The monoisotopic (exact) mass is 417 g/mol. The first-order valence-corrected chi connectivity index (χ1v) is 10.4. The molecule has 0 aromatic heterocycles. The van der Waals surface area contributed by atoms with Crippen LogP contribution in [-0.4, -0.2) is 35.8 Å². The fourth-order valence-electron chi connectivity index (χ4n) is 2.65. The highest BCUT2D eigenvalue weighted by atomic mass is 32.2. The third-order valence-corrected chi connectivity index (χ3v) is 4.70. The molecule has 1 unspecified atom stereocenters. The molecule has 0 bridgehead atoms. The van der Waals surface area contributed by atoms with Crippen LogP contribution in [0, 0.1) is 12.7 Å². The van der Waals surface area contributed by atoms with Crippen LogP contribution in [-0.2, 0) is 9.59 Å². The number of halogens is 1. The Kier molecular flexibility index (Phi) is 8.21. The van der Waals surface area contributed by atoms with Crippen LogP contribution in [0.15, 0.2) is 42.5 Å². The molecule has 2 rings (SSSR count). The normalized spacial score (nSPS) is 11.4. The lowest BCUT2D eigenvalue weighted by Gasteiger charge is -2.19. The Hall–Kier alpha value is -2.87. The van der Waals surface area contributed by atoms with Crippen LogP contribution in [0.3, 0.4) is 0 Å². The second-order valence-electron chi connectivity index (χ2n) is 6.54. The van der Waals surface area contributed by atoms with Crippen molar-refractivity contribution in [3.05, 3.63) is 59.4 Å². The van der Waals surface area contributed by atoms with Crippen molar-refractivity contribution in [3.8, 4) is 0 Å². The van der Waals surface area contributed by atoms with Crippen LogP contribution >= 0.6 is 11.8 Å². The fourth-order valence-corrected chi connectivity index (χ4v) is 3.13. The summed E-state index contributed by atoms with van der Waals surface area (Å²) in [5, 5.41) is 7.78. The second kappa shape index (κ2) is 10.6. The summed E-state index contributed by atoms with van der Waals surface area (Å²) in [7, 11) is 0. The molecule has 0 aliphatic rings. The molecule has 3 N–H and O–H groups in total. The standard InChI is InChI=1S/C21H24FN3O3S/c1-13-5-4-6-15(11-13)20(27)24-18(9-10-29-3)21(28)25-19-12-16(23-14(2)26)7-8-17(19)22/h4-8,11-12,18H,9-10H2,1-3H3,(H,23,26)(H,24,27)(H,25,28). The number of benzene rings is 2. The maximum absolute atomic E-state index is 14.1. The number of anilines is 2. The van der Waals surface area contributed by atoms with Crippen molar-refractivity contribution in [1.82, 2.24) is 5.32 Å². The largest absolute Gasteiger partial charge is 0.340 e. The summed E-state index contributed by atoms with van der Waals surface area (Å²) in [6.07, 6.45) is 2.28. The van der Waals surface area contributed by atoms with Gasteiger partial charge in [-0.1, -0.05) is 17.7 Å². The summed E-state index contributed by atoms with van der Waals surface area (Å²) >= 11 is 1.54. The van der Waals surface area contributed by atoms with E-state index in [0.717, 1.165) is 11.6 Å². The molecule has 0 spiro atoms. The molecule has 0 radical (unpaired) electrons. The van der Waals surface area contributed by atoms with Gasteiger partial charge in [0.2, 0.25) is 11.8 Å². The highest BCUT2D eigenvalue weighted by Crippen LogP contribution is 2.20. The van der Waals surface area contributed by atoms with Crippen molar-refractivity contribution in [2.75, 3.05) is 22.6 Å². The lowest BCUT2D eigenvalue weighted by atomic mass is 10.1. The van der Waals surface area contributed by atoms with Gasteiger partial charge >= 0.3 is 0 Å². The van der Waals surface area contributed by atoms with E-state index >= 15 is 0 Å². The van der Waals surface area contributed by atoms with Crippen molar-refractivity contribution in [3.63, 3.8) is 0 Å². The first kappa shape index (κ1) is 22.4. The van der Waals surface area contributed by atoms with Crippen LogP contribution in [0.25, 0.3) is 0 Å². The highest BCUT2D eigenvalue weighted by molar-refractivity contribution is 7.98. The van der Waals surface area contributed by atoms with E-state index in [2.05, 4.69) is 16.0 Å². The van der Waals surface area contributed by atoms with E-state index < -0.39 is 17.8 Å². The van der Waals surface area contributed by atoms with Gasteiger partial charge in [0.05, 0.1) is 5.69 Å². The quantitative estimate of drug-likeness (QED) is 0.613. The molecule has 154 valence electrons. The van der Waals surface area contributed by atoms with E-state index in [0.29, 0.717) is 23.4 Å². The number of carbonyl (C=O) groups excluding carboxylic acids is 3. The van der Waals surface area contributed by atoms with E-state index in [1.54, 1.807) is 18.2 Å². The van der Waals surface area contributed by atoms with Crippen molar-refractivity contribution in [1.29, 1.82) is 0 Å². The van der Waals surface area contributed by atoms with Gasteiger partial charge in [-0.25, -0.2) is 4.39 Å². The smallest absolute Gasteiger partial charge is 0.251 e. The summed E-state index contributed by atoms with van der Waals surface area (Å²) in [4.78, 5) is 36.5. The SMILES string of the molecule is CSCCC(NC(=O)c1cccc(C)c1)C(=O)Nc1cc(NC(C)=O)ccc1F. The Morgan fingerprint density at radius 1 is 1.10 bits per heavy atom. The van der Waals surface area contributed by atoms with Crippen LogP contribution in [0.4, 0.5) is 15.8 Å². The maximum atomic E-state index is 14.1. The fraction of sp³-hybridized carbons (Fsp3) is 0.286. The van der Waals surface area contributed by atoms with Gasteiger partial charge in [0.15, 0.2) is 0 Å². The van der Waals surface area contributed by atoms with Gasteiger partial charge in [0.1, 0.15) is 11.9 Å². The number of nitrogens with one attached hydrogen (secondary N) is 3. The molecule has 0 fully saturated rings. The number of hydrogen-bond donors (Lipinski definition) is 3. The van der Waals surface area contributed by atoms with Crippen molar-refractivity contribution >= 4 is 40.9 Å². The number of hydrogen-bond acceptors (Lipinski definition) is 4. The molecule has 2 aromatic carbocycles. The lowest BCUT2D eigenvalue weighted by molar-refractivity contribution is -0.118. The minimum Gasteiger partial charge on any atom is -0.340 e. The van der Waals surface area contributed by atoms with Gasteiger partial charge in [-0.15, -0.1) is 0 Å². The average molecular weight is 418 g/mol. The van der Waals surface area contributed by atoms with Crippen LogP contribution < -0.4 is 16.0 Å². The van der Waals surface area contributed by atoms with E-state index in [4.69, 9.17) is 0 Å². The Labute approximate surface area is 173 Å². The Bertz CT molecular complexity index is 904. The predicted molar refractivity (Wildman–Crippen MR) is 115 cm³/mol. The van der Waals surface area contributed by atoms with Crippen LogP contribution in [0.5, 0.6) is 0 Å². The first-order valence-electron chi connectivity index (χ1n) is 9.04. The Balaban J connectivity index is 2.16. The number of thioether (sulfide) groups is 1. The van der Waals surface area contributed by atoms with Crippen LogP contribution in [0.2, 0.25) is 0 Å². The zero-order valence-electron chi connectivity index (χ0n) is 16.5. The summed E-state index contributed by atoms with van der Waals surface area (Å²) in [6.45, 7) is 3.21. The summed E-state index contributed by atoms with van der Waals surface area (Å²) in [5.41, 5.74) is 1.67. The van der Waals surface area contributed by atoms with E-state index in [1.165, 1.54) is 30.8 Å². The maximum Gasteiger partial charge on any atom is 0.251 e. The molecule has 0 heterocycles. The molecule has 29 heavy (non-hydrogen) atoms. The summed E-state index contributed by atoms with van der Waals surface area (Å²) in [6, 6.07) is 10.1. The Morgan fingerprint density at radius 3 is 2.52 bits per heavy atom. The zero-order valence-corrected chi connectivity index (χ0v) is 17.4. The van der Waals surface area contributed by atoms with Gasteiger partial charge in [-0.05, 0) is 55.7 Å². The second-order valence-corrected chi connectivity index (χ2v) is 7.53. The van der Waals surface area contributed by atoms with Gasteiger partial charge in [-0.2, -0.15) is 11.8 Å². The van der Waals surface area contributed by atoms with E-state index in [-0.39, 0.29) is 17.5 Å². The molecule has 2 aromatic rings. The third kappa shape index (κ3) is 6.90. The van der Waals surface area contributed by atoms with Crippen molar-refractivity contribution in [2.24, 2.45) is 0 Å². The molecule has 1 atom stereocenters. The molecule has 8 heteroatoms. The predicted octanol–water partition coefficient (Wildman–Crippen LogP) is 3.58. The molecule has 3 amide bonds. The number of amides is 3. The molecule has 6 nitrogen and oxygen atoms in total. The minimum atomic E-state index is -0.834. The van der Waals surface area contributed by atoms with Crippen molar-refractivity contribution < 1.29 is 18.8 Å². The topological polar surface area (TPSA) is 87.3 Å². The molecular weight excluding hydrogens is 393 g/mol. The zero-order chi connectivity index (χ0) is 21.4. The summed E-state index contributed by atoms with van der Waals surface area (Å²) in [5.74, 6) is -1.21. The molecular formula is C21H24FN3O3S. The summed E-state index contributed by atoms with van der Waals surface area (Å²) < 4.78 is 14.1. The number of rotatable bonds is 8. The number of aryl methyl sites for hydroxylation is 1. The molecule has 0 aliphatic carbocycles. The lowest BCUT2D eigenvalue weighted by Crippen LogP contribution is -2.44. The van der Waals surface area contributed by atoms with Gasteiger partial charge in [0, 0.05) is 18.2 Å². The average Bonchev–Trinajstić information content (AvgIpc) is 2.67.